The minimum atomic E-state index is 0.430. The van der Waals surface area contributed by atoms with Crippen molar-refractivity contribution in [2.75, 3.05) is 32.1 Å². The fourth-order valence-corrected chi connectivity index (χ4v) is 3.10. The van der Waals surface area contributed by atoms with E-state index in [1.54, 1.807) is 13.4 Å². The number of hydrogen-bond acceptors (Lipinski definition) is 6. The van der Waals surface area contributed by atoms with E-state index in [2.05, 4.69) is 32.9 Å². The van der Waals surface area contributed by atoms with E-state index >= 15 is 0 Å². The van der Waals surface area contributed by atoms with Crippen LogP contribution in [0.5, 0.6) is 5.88 Å². The third-order valence-corrected chi connectivity index (χ3v) is 4.40. The van der Waals surface area contributed by atoms with Crippen LogP contribution in [-0.4, -0.2) is 48.2 Å². The van der Waals surface area contributed by atoms with Gasteiger partial charge in [0.2, 0.25) is 5.88 Å². The topological polar surface area (TPSA) is 54.6 Å². The number of likely N-dealkylation sites (tertiary alicyclic amines) is 1. The van der Waals surface area contributed by atoms with E-state index in [1.165, 1.54) is 6.42 Å². The van der Waals surface area contributed by atoms with Gasteiger partial charge >= 0.3 is 0 Å². The van der Waals surface area contributed by atoms with Crippen molar-refractivity contribution in [2.45, 2.75) is 32.4 Å². The Morgan fingerprint density at radius 1 is 1.39 bits per heavy atom. The Morgan fingerprint density at radius 3 is 3.00 bits per heavy atom. The van der Waals surface area contributed by atoms with Gasteiger partial charge in [-0.3, -0.25) is 4.90 Å². The Bertz CT molecular complexity index is 643. The summed E-state index contributed by atoms with van der Waals surface area (Å²) in [5.41, 5.74) is 0. The standard InChI is InChI=1S/C17H24N4O2/c1-13-6-7-15(23-13)11-21-8-4-5-14(10-21)20(2)16-9-17(22-3)19-12-18-16/h6-7,9,12,14H,4-5,8,10-11H2,1-3H3. The Balaban J connectivity index is 1.65. The molecule has 1 aliphatic rings. The van der Waals surface area contributed by atoms with Gasteiger partial charge in [0.1, 0.15) is 23.7 Å². The molecule has 2 aromatic heterocycles. The van der Waals surface area contributed by atoms with Crippen LogP contribution >= 0.6 is 0 Å². The van der Waals surface area contributed by atoms with Gasteiger partial charge in [-0.15, -0.1) is 0 Å². The fraction of sp³-hybridized carbons (Fsp3) is 0.529. The highest BCUT2D eigenvalue weighted by Gasteiger charge is 2.25. The predicted molar refractivity (Wildman–Crippen MR) is 88.7 cm³/mol. The maximum atomic E-state index is 5.70. The molecule has 0 N–H and O–H groups in total. The second-order valence-electron chi connectivity index (χ2n) is 6.07. The lowest BCUT2D eigenvalue weighted by molar-refractivity contribution is 0.184. The summed E-state index contributed by atoms with van der Waals surface area (Å²) < 4.78 is 10.9. The van der Waals surface area contributed by atoms with E-state index in [9.17, 15) is 0 Å². The summed E-state index contributed by atoms with van der Waals surface area (Å²) in [4.78, 5) is 13.1. The molecule has 0 saturated carbocycles. The van der Waals surface area contributed by atoms with Crippen molar-refractivity contribution in [2.24, 2.45) is 0 Å². The molecule has 0 aliphatic carbocycles. The van der Waals surface area contributed by atoms with Gasteiger partial charge in [-0.1, -0.05) is 0 Å². The van der Waals surface area contributed by atoms with Crippen LogP contribution in [0, 0.1) is 6.92 Å². The summed E-state index contributed by atoms with van der Waals surface area (Å²) in [6, 6.07) is 6.41. The van der Waals surface area contributed by atoms with E-state index in [1.807, 2.05) is 19.1 Å². The highest BCUT2D eigenvalue weighted by molar-refractivity contribution is 5.41. The molecule has 6 nitrogen and oxygen atoms in total. The fourth-order valence-electron chi connectivity index (χ4n) is 3.10. The van der Waals surface area contributed by atoms with E-state index in [4.69, 9.17) is 9.15 Å². The van der Waals surface area contributed by atoms with Crippen molar-refractivity contribution in [3.05, 3.63) is 36.0 Å². The number of likely N-dealkylation sites (N-methyl/N-ethyl adjacent to an activating group) is 1. The zero-order chi connectivity index (χ0) is 16.2. The largest absolute Gasteiger partial charge is 0.481 e. The van der Waals surface area contributed by atoms with Gasteiger partial charge in [0.15, 0.2) is 0 Å². The van der Waals surface area contributed by atoms with Crippen LogP contribution in [0.3, 0.4) is 0 Å². The molecule has 1 aliphatic heterocycles. The molecule has 1 fully saturated rings. The Labute approximate surface area is 137 Å². The lowest BCUT2D eigenvalue weighted by atomic mass is 10.0. The first-order valence-corrected chi connectivity index (χ1v) is 8.02. The molecule has 0 aromatic carbocycles. The summed E-state index contributed by atoms with van der Waals surface area (Å²) in [6.07, 6.45) is 3.89. The molecule has 1 atom stereocenters. The zero-order valence-electron chi connectivity index (χ0n) is 14.0. The number of aryl methyl sites for hydroxylation is 1. The molecule has 1 saturated heterocycles. The quantitative estimate of drug-likeness (QED) is 0.845. The smallest absolute Gasteiger partial charge is 0.218 e. The van der Waals surface area contributed by atoms with Crippen LogP contribution in [0.4, 0.5) is 5.82 Å². The molecule has 0 spiro atoms. The third kappa shape index (κ3) is 3.82. The summed E-state index contributed by atoms with van der Waals surface area (Å²) in [5, 5.41) is 0. The van der Waals surface area contributed by atoms with Crippen LogP contribution in [-0.2, 0) is 6.54 Å². The second-order valence-corrected chi connectivity index (χ2v) is 6.07. The number of furan rings is 1. The van der Waals surface area contributed by atoms with Gasteiger partial charge in [0, 0.05) is 25.7 Å². The molecule has 23 heavy (non-hydrogen) atoms. The number of rotatable bonds is 5. The lowest BCUT2D eigenvalue weighted by Crippen LogP contribution is -2.46. The molecule has 0 amide bonds. The van der Waals surface area contributed by atoms with E-state index < -0.39 is 0 Å². The Hall–Kier alpha value is -2.08. The average Bonchev–Trinajstić information content (AvgIpc) is 2.99. The van der Waals surface area contributed by atoms with E-state index in [0.29, 0.717) is 11.9 Å². The van der Waals surface area contributed by atoms with Crippen molar-refractivity contribution >= 4 is 5.82 Å². The molecule has 0 radical (unpaired) electrons. The van der Waals surface area contributed by atoms with Crippen LogP contribution in [0.15, 0.2) is 28.9 Å². The molecule has 6 heteroatoms. The van der Waals surface area contributed by atoms with Crippen molar-refractivity contribution < 1.29 is 9.15 Å². The molecule has 124 valence electrons. The van der Waals surface area contributed by atoms with Gasteiger partial charge in [0.05, 0.1) is 13.7 Å². The zero-order valence-corrected chi connectivity index (χ0v) is 14.0. The molecule has 3 rings (SSSR count). The second kappa shape index (κ2) is 7.00. The van der Waals surface area contributed by atoms with Crippen molar-refractivity contribution in [1.82, 2.24) is 14.9 Å². The first kappa shape index (κ1) is 15.8. The number of anilines is 1. The SMILES string of the molecule is COc1cc(N(C)C2CCCN(Cc3ccc(C)o3)C2)ncn1. The molecule has 1 unspecified atom stereocenters. The number of ether oxygens (including phenoxy) is 1. The minimum absolute atomic E-state index is 0.430. The maximum absolute atomic E-state index is 5.70. The van der Waals surface area contributed by atoms with Crippen LogP contribution in [0.1, 0.15) is 24.4 Å². The number of aromatic nitrogens is 2. The minimum Gasteiger partial charge on any atom is -0.481 e. The van der Waals surface area contributed by atoms with Gasteiger partial charge in [-0.05, 0) is 38.4 Å². The predicted octanol–water partition coefficient (Wildman–Crippen LogP) is 2.49. The van der Waals surface area contributed by atoms with Crippen LogP contribution < -0.4 is 9.64 Å². The summed E-state index contributed by atoms with van der Waals surface area (Å²) >= 11 is 0. The van der Waals surface area contributed by atoms with Gasteiger partial charge in [-0.25, -0.2) is 9.97 Å². The van der Waals surface area contributed by atoms with Crippen molar-refractivity contribution in [3.63, 3.8) is 0 Å². The first-order chi connectivity index (χ1) is 11.2. The summed E-state index contributed by atoms with van der Waals surface area (Å²) in [5.74, 6) is 3.51. The number of methoxy groups -OCH3 is 1. The Morgan fingerprint density at radius 2 is 2.26 bits per heavy atom. The third-order valence-electron chi connectivity index (χ3n) is 4.40. The maximum Gasteiger partial charge on any atom is 0.218 e. The molecular weight excluding hydrogens is 292 g/mol. The number of piperidine rings is 1. The van der Waals surface area contributed by atoms with Crippen LogP contribution in [0.25, 0.3) is 0 Å². The molecule has 2 aromatic rings. The van der Waals surface area contributed by atoms with Gasteiger partial charge in [0.25, 0.3) is 0 Å². The number of hydrogen-bond donors (Lipinski definition) is 0. The average molecular weight is 316 g/mol. The monoisotopic (exact) mass is 316 g/mol. The normalized spacial score (nSPS) is 18.8. The first-order valence-electron chi connectivity index (χ1n) is 8.02. The van der Waals surface area contributed by atoms with Crippen LogP contribution in [0.2, 0.25) is 0 Å². The van der Waals surface area contributed by atoms with Crippen molar-refractivity contribution in [3.8, 4) is 5.88 Å². The van der Waals surface area contributed by atoms with Gasteiger partial charge < -0.3 is 14.1 Å². The van der Waals surface area contributed by atoms with Gasteiger partial charge in [-0.2, -0.15) is 0 Å². The summed E-state index contributed by atoms with van der Waals surface area (Å²) in [7, 11) is 3.72. The lowest BCUT2D eigenvalue weighted by Gasteiger charge is -2.37. The highest BCUT2D eigenvalue weighted by Crippen LogP contribution is 2.23. The highest BCUT2D eigenvalue weighted by atomic mass is 16.5. The molecular formula is C17H24N4O2. The van der Waals surface area contributed by atoms with E-state index in [0.717, 1.165) is 43.4 Å². The summed E-state index contributed by atoms with van der Waals surface area (Å²) in [6.45, 7) is 4.96. The molecule has 3 heterocycles. The van der Waals surface area contributed by atoms with Crippen molar-refractivity contribution in [1.29, 1.82) is 0 Å². The molecule has 0 bridgehead atoms. The number of nitrogens with zero attached hydrogens (tertiary/aromatic N) is 4. The van der Waals surface area contributed by atoms with E-state index in [-0.39, 0.29) is 0 Å². The Kier molecular flexibility index (Phi) is 4.81.